The molecule has 1 aromatic heterocycles. The molecule has 5 nitrogen and oxygen atoms in total. The maximum atomic E-state index is 12.2. The number of hydrogen-bond donors (Lipinski definition) is 2. The first-order valence-electron chi connectivity index (χ1n) is 7.29. The molecule has 6 heteroatoms. The molecular weight excluding hydrogens is 314 g/mol. The van der Waals surface area contributed by atoms with Crippen LogP contribution in [0.3, 0.4) is 0 Å². The topological polar surface area (TPSA) is 65.2 Å². The molecule has 0 bridgehead atoms. The zero-order valence-corrected chi connectivity index (χ0v) is 14.2. The molecule has 2 rings (SSSR count). The Morgan fingerprint density at radius 3 is 2.70 bits per heavy atom. The highest BCUT2D eigenvalue weighted by atomic mass is 35.5. The molecule has 0 saturated carbocycles. The number of urea groups is 1. The number of rotatable bonds is 4. The van der Waals surface area contributed by atoms with Gasteiger partial charge in [-0.15, -0.1) is 0 Å². The van der Waals surface area contributed by atoms with E-state index < -0.39 is 0 Å². The standard InChI is InChI=1S/C17H20ClN3O2/c1-11-7-12(2)20-16(22)15(11)9-19-17(23)21(3)10-13-5-4-6-14(18)8-13/h4-8H,9-10H2,1-3H3,(H,19,23)(H,20,22). The smallest absolute Gasteiger partial charge is 0.317 e. The Kier molecular flexibility index (Phi) is 5.45. The lowest BCUT2D eigenvalue weighted by Crippen LogP contribution is -2.37. The van der Waals surface area contributed by atoms with Gasteiger partial charge in [-0.3, -0.25) is 4.79 Å². The number of pyridine rings is 1. The van der Waals surface area contributed by atoms with Gasteiger partial charge in [0.05, 0.1) is 6.54 Å². The Bertz CT molecular complexity index is 771. The Morgan fingerprint density at radius 1 is 1.30 bits per heavy atom. The quantitative estimate of drug-likeness (QED) is 0.903. The lowest BCUT2D eigenvalue weighted by atomic mass is 10.1. The number of H-pyrrole nitrogens is 1. The number of nitrogens with one attached hydrogen (secondary N) is 2. The van der Waals surface area contributed by atoms with Gasteiger partial charge in [0.2, 0.25) is 0 Å². The third-order valence-corrected chi connectivity index (χ3v) is 3.80. The average Bonchev–Trinajstić information content (AvgIpc) is 2.45. The minimum absolute atomic E-state index is 0.166. The fraction of sp³-hybridized carbons (Fsp3) is 0.294. The van der Waals surface area contributed by atoms with Gasteiger partial charge in [0.1, 0.15) is 0 Å². The number of hydrogen-bond acceptors (Lipinski definition) is 2. The molecule has 0 fully saturated rings. The zero-order valence-electron chi connectivity index (χ0n) is 13.4. The first kappa shape index (κ1) is 17.1. The first-order chi connectivity index (χ1) is 10.9. The normalized spacial score (nSPS) is 10.4. The third-order valence-electron chi connectivity index (χ3n) is 3.57. The number of carbonyl (C=O) groups excluding carboxylic acids is 1. The number of aromatic nitrogens is 1. The van der Waals surface area contributed by atoms with Gasteiger partial charge in [-0.2, -0.15) is 0 Å². The van der Waals surface area contributed by atoms with E-state index >= 15 is 0 Å². The van der Waals surface area contributed by atoms with Gasteiger partial charge in [0.15, 0.2) is 0 Å². The van der Waals surface area contributed by atoms with Crippen molar-refractivity contribution in [3.8, 4) is 0 Å². The van der Waals surface area contributed by atoms with Crippen molar-refractivity contribution >= 4 is 17.6 Å². The van der Waals surface area contributed by atoms with Crippen LogP contribution in [0.15, 0.2) is 35.1 Å². The van der Waals surface area contributed by atoms with Gasteiger partial charge in [0.25, 0.3) is 5.56 Å². The second kappa shape index (κ2) is 7.33. The van der Waals surface area contributed by atoms with Gasteiger partial charge >= 0.3 is 6.03 Å². The van der Waals surface area contributed by atoms with Crippen molar-refractivity contribution < 1.29 is 4.79 Å². The van der Waals surface area contributed by atoms with Crippen LogP contribution in [0.1, 0.15) is 22.4 Å². The lowest BCUT2D eigenvalue weighted by molar-refractivity contribution is 0.206. The van der Waals surface area contributed by atoms with Gasteiger partial charge < -0.3 is 15.2 Å². The molecule has 2 amide bonds. The van der Waals surface area contributed by atoms with Crippen molar-refractivity contribution in [1.29, 1.82) is 0 Å². The van der Waals surface area contributed by atoms with Gasteiger partial charge in [-0.05, 0) is 43.2 Å². The van der Waals surface area contributed by atoms with Crippen molar-refractivity contribution in [3.05, 3.63) is 68.1 Å². The Balaban J connectivity index is 1.98. The van der Waals surface area contributed by atoms with Gasteiger partial charge in [-0.25, -0.2) is 4.79 Å². The predicted molar refractivity (Wildman–Crippen MR) is 91.7 cm³/mol. The summed E-state index contributed by atoms with van der Waals surface area (Å²) in [5, 5.41) is 3.41. The second-order valence-electron chi connectivity index (χ2n) is 5.59. The van der Waals surface area contributed by atoms with E-state index in [1.807, 2.05) is 38.1 Å². The number of nitrogens with zero attached hydrogens (tertiary/aromatic N) is 1. The highest BCUT2D eigenvalue weighted by Crippen LogP contribution is 2.12. The molecule has 0 aliphatic carbocycles. The second-order valence-corrected chi connectivity index (χ2v) is 6.02. The molecule has 0 radical (unpaired) electrons. The number of amides is 2. The van der Waals surface area contributed by atoms with E-state index in [0.717, 1.165) is 16.8 Å². The summed E-state index contributed by atoms with van der Waals surface area (Å²) in [7, 11) is 1.70. The summed E-state index contributed by atoms with van der Waals surface area (Å²) in [6.45, 7) is 4.32. The van der Waals surface area contributed by atoms with Crippen molar-refractivity contribution in [3.63, 3.8) is 0 Å². The molecule has 0 aliphatic heterocycles. The lowest BCUT2D eigenvalue weighted by Gasteiger charge is -2.18. The average molecular weight is 334 g/mol. The predicted octanol–water partition coefficient (Wildman–Crippen LogP) is 2.99. The van der Waals surface area contributed by atoms with Crippen molar-refractivity contribution in [1.82, 2.24) is 15.2 Å². The molecule has 1 aromatic carbocycles. The van der Waals surface area contributed by atoms with Crippen LogP contribution in [0.25, 0.3) is 0 Å². The molecule has 0 saturated heterocycles. The number of aryl methyl sites for hydroxylation is 2. The van der Waals surface area contributed by atoms with Crippen LogP contribution in [0, 0.1) is 13.8 Å². The monoisotopic (exact) mass is 333 g/mol. The summed E-state index contributed by atoms with van der Waals surface area (Å²) in [5.74, 6) is 0. The summed E-state index contributed by atoms with van der Waals surface area (Å²) >= 11 is 5.94. The SMILES string of the molecule is Cc1cc(C)c(CNC(=O)N(C)Cc2cccc(Cl)c2)c(=O)[nH]1. The summed E-state index contributed by atoms with van der Waals surface area (Å²) in [6, 6.07) is 9.00. The van der Waals surface area contributed by atoms with E-state index in [-0.39, 0.29) is 18.1 Å². The number of benzene rings is 1. The Morgan fingerprint density at radius 2 is 2.04 bits per heavy atom. The van der Waals surface area contributed by atoms with Crippen molar-refractivity contribution in [2.45, 2.75) is 26.9 Å². The Labute approximate surface area is 140 Å². The van der Waals surface area contributed by atoms with Gasteiger partial charge in [-0.1, -0.05) is 23.7 Å². The van der Waals surface area contributed by atoms with E-state index in [9.17, 15) is 9.59 Å². The van der Waals surface area contributed by atoms with Crippen LogP contribution in [-0.4, -0.2) is 23.0 Å². The molecule has 2 N–H and O–H groups in total. The van der Waals surface area contributed by atoms with Crippen LogP contribution in [0.2, 0.25) is 5.02 Å². The molecule has 0 spiro atoms. The van der Waals surface area contributed by atoms with Crippen molar-refractivity contribution in [2.75, 3.05) is 7.05 Å². The largest absolute Gasteiger partial charge is 0.334 e. The number of halogens is 1. The van der Waals surface area contributed by atoms with Crippen LogP contribution >= 0.6 is 11.6 Å². The molecule has 0 atom stereocenters. The fourth-order valence-corrected chi connectivity index (χ4v) is 2.59. The molecular formula is C17H20ClN3O2. The van der Waals surface area contributed by atoms with Crippen molar-refractivity contribution in [2.24, 2.45) is 0 Å². The molecule has 2 aromatic rings. The van der Waals surface area contributed by atoms with E-state index in [4.69, 9.17) is 11.6 Å². The fourth-order valence-electron chi connectivity index (χ4n) is 2.38. The minimum atomic E-state index is -0.246. The van der Waals surface area contributed by atoms with E-state index in [0.29, 0.717) is 17.1 Å². The molecule has 0 unspecified atom stereocenters. The summed E-state index contributed by atoms with van der Waals surface area (Å²) in [6.07, 6.45) is 0. The summed E-state index contributed by atoms with van der Waals surface area (Å²) in [4.78, 5) is 28.4. The zero-order chi connectivity index (χ0) is 17.0. The minimum Gasteiger partial charge on any atom is -0.334 e. The Hall–Kier alpha value is -2.27. The molecule has 23 heavy (non-hydrogen) atoms. The van der Waals surface area contributed by atoms with E-state index in [1.54, 1.807) is 18.0 Å². The summed E-state index contributed by atoms with van der Waals surface area (Å²) in [5.41, 5.74) is 3.02. The van der Waals surface area contributed by atoms with E-state index in [1.165, 1.54) is 0 Å². The van der Waals surface area contributed by atoms with Crippen LogP contribution in [0.5, 0.6) is 0 Å². The van der Waals surface area contributed by atoms with Crippen LogP contribution in [-0.2, 0) is 13.1 Å². The molecule has 122 valence electrons. The highest BCUT2D eigenvalue weighted by molar-refractivity contribution is 6.30. The van der Waals surface area contributed by atoms with E-state index in [2.05, 4.69) is 10.3 Å². The highest BCUT2D eigenvalue weighted by Gasteiger charge is 2.11. The third kappa shape index (κ3) is 4.60. The maximum Gasteiger partial charge on any atom is 0.317 e. The van der Waals surface area contributed by atoms with Crippen LogP contribution in [0.4, 0.5) is 4.79 Å². The van der Waals surface area contributed by atoms with Gasteiger partial charge in [0, 0.05) is 29.9 Å². The first-order valence-corrected chi connectivity index (χ1v) is 7.67. The molecule has 1 heterocycles. The summed E-state index contributed by atoms with van der Waals surface area (Å²) < 4.78 is 0. The maximum absolute atomic E-state index is 12.2. The molecule has 0 aliphatic rings. The number of carbonyl (C=O) groups is 1. The van der Waals surface area contributed by atoms with Crippen LogP contribution < -0.4 is 10.9 Å². The number of aromatic amines is 1.